The summed E-state index contributed by atoms with van der Waals surface area (Å²) >= 11 is 0. The summed E-state index contributed by atoms with van der Waals surface area (Å²) in [6.45, 7) is 12.3. The second-order valence-electron chi connectivity index (χ2n) is 6.52. The first-order chi connectivity index (χ1) is 10.1. The lowest BCUT2D eigenvalue weighted by molar-refractivity contribution is 0.0783. The Hall–Kier alpha value is -1.13. The summed E-state index contributed by atoms with van der Waals surface area (Å²) < 4.78 is 2.22. The van der Waals surface area contributed by atoms with Gasteiger partial charge in [-0.1, -0.05) is 0 Å². The van der Waals surface area contributed by atoms with Gasteiger partial charge in [0.25, 0.3) is 0 Å². The third-order valence-electron chi connectivity index (χ3n) is 5.23. The van der Waals surface area contributed by atoms with E-state index < -0.39 is 0 Å². The van der Waals surface area contributed by atoms with Crippen molar-refractivity contribution in [2.24, 2.45) is 0 Å². The second-order valence-corrected chi connectivity index (χ2v) is 6.52. The molecule has 4 heteroatoms. The SMILES string of the molecule is CCn1c(C)cc(C(=O)CN2CCN3CCCC3C2)c1C. The molecule has 2 aliphatic rings. The lowest BCUT2D eigenvalue weighted by atomic mass is 10.1. The van der Waals surface area contributed by atoms with Crippen LogP contribution in [-0.4, -0.2) is 58.9 Å². The zero-order valence-corrected chi connectivity index (χ0v) is 13.6. The Balaban J connectivity index is 1.66. The van der Waals surface area contributed by atoms with Gasteiger partial charge < -0.3 is 4.57 Å². The number of hydrogen-bond acceptors (Lipinski definition) is 3. The molecule has 1 aromatic heterocycles. The third-order valence-corrected chi connectivity index (χ3v) is 5.23. The number of carbonyl (C=O) groups is 1. The van der Waals surface area contributed by atoms with E-state index in [0.29, 0.717) is 12.6 Å². The van der Waals surface area contributed by atoms with Gasteiger partial charge in [0.1, 0.15) is 0 Å². The van der Waals surface area contributed by atoms with E-state index in [-0.39, 0.29) is 5.78 Å². The van der Waals surface area contributed by atoms with Crippen LogP contribution >= 0.6 is 0 Å². The van der Waals surface area contributed by atoms with Crippen LogP contribution in [-0.2, 0) is 6.54 Å². The first-order valence-corrected chi connectivity index (χ1v) is 8.26. The lowest BCUT2D eigenvalue weighted by Gasteiger charge is -2.37. The summed E-state index contributed by atoms with van der Waals surface area (Å²) in [5.74, 6) is 0.286. The number of ketones is 1. The molecule has 0 saturated carbocycles. The molecule has 2 aliphatic heterocycles. The molecule has 3 rings (SSSR count). The van der Waals surface area contributed by atoms with E-state index in [9.17, 15) is 4.79 Å². The number of nitrogens with zero attached hydrogens (tertiary/aromatic N) is 3. The van der Waals surface area contributed by atoms with Gasteiger partial charge in [-0.2, -0.15) is 0 Å². The van der Waals surface area contributed by atoms with Crippen LogP contribution in [0, 0.1) is 13.8 Å². The van der Waals surface area contributed by atoms with Crippen molar-refractivity contribution in [3.63, 3.8) is 0 Å². The van der Waals surface area contributed by atoms with Crippen molar-refractivity contribution in [3.05, 3.63) is 23.0 Å². The smallest absolute Gasteiger partial charge is 0.178 e. The Morgan fingerprint density at radius 3 is 2.81 bits per heavy atom. The lowest BCUT2D eigenvalue weighted by Crippen LogP contribution is -2.51. The van der Waals surface area contributed by atoms with Crippen LogP contribution in [0.25, 0.3) is 0 Å². The zero-order valence-electron chi connectivity index (χ0n) is 13.6. The molecule has 0 amide bonds. The number of piperazine rings is 1. The molecule has 0 aromatic carbocycles. The highest BCUT2D eigenvalue weighted by molar-refractivity contribution is 5.99. The number of aromatic nitrogens is 1. The molecule has 1 atom stereocenters. The highest BCUT2D eigenvalue weighted by atomic mass is 16.1. The average Bonchev–Trinajstić information content (AvgIpc) is 3.02. The largest absolute Gasteiger partial charge is 0.349 e. The molecular formula is C17H27N3O. The van der Waals surface area contributed by atoms with Crippen LogP contribution in [0.5, 0.6) is 0 Å². The number of rotatable bonds is 4. The van der Waals surface area contributed by atoms with E-state index in [1.807, 2.05) is 0 Å². The van der Waals surface area contributed by atoms with Crippen molar-refractivity contribution in [1.82, 2.24) is 14.4 Å². The molecule has 116 valence electrons. The van der Waals surface area contributed by atoms with Crippen LogP contribution in [0.1, 0.15) is 41.5 Å². The predicted octanol–water partition coefficient (Wildman–Crippen LogP) is 2.09. The Labute approximate surface area is 127 Å². The van der Waals surface area contributed by atoms with Crippen LogP contribution in [0.4, 0.5) is 0 Å². The van der Waals surface area contributed by atoms with E-state index in [1.54, 1.807) is 0 Å². The van der Waals surface area contributed by atoms with Gasteiger partial charge in [-0.15, -0.1) is 0 Å². The van der Waals surface area contributed by atoms with Crippen molar-refractivity contribution < 1.29 is 4.79 Å². The minimum atomic E-state index is 0.286. The van der Waals surface area contributed by atoms with E-state index in [1.165, 1.54) is 25.1 Å². The first-order valence-electron chi connectivity index (χ1n) is 8.26. The zero-order chi connectivity index (χ0) is 15.0. The summed E-state index contributed by atoms with van der Waals surface area (Å²) in [4.78, 5) is 17.6. The van der Waals surface area contributed by atoms with E-state index >= 15 is 0 Å². The van der Waals surface area contributed by atoms with Crippen LogP contribution in [0.2, 0.25) is 0 Å². The van der Waals surface area contributed by atoms with E-state index in [2.05, 4.69) is 41.2 Å². The van der Waals surface area contributed by atoms with Gasteiger partial charge in [0.15, 0.2) is 5.78 Å². The van der Waals surface area contributed by atoms with Gasteiger partial charge in [-0.3, -0.25) is 14.6 Å². The molecule has 0 spiro atoms. The number of fused-ring (bicyclic) bond motifs is 1. The molecule has 21 heavy (non-hydrogen) atoms. The number of carbonyl (C=O) groups excluding carboxylic acids is 1. The Kier molecular flexibility index (Phi) is 4.18. The topological polar surface area (TPSA) is 28.5 Å². The molecule has 0 aliphatic carbocycles. The van der Waals surface area contributed by atoms with Crippen molar-refractivity contribution >= 4 is 5.78 Å². The molecule has 4 nitrogen and oxygen atoms in total. The van der Waals surface area contributed by atoms with E-state index in [4.69, 9.17) is 0 Å². The molecule has 2 saturated heterocycles. The van der Waals surface area contributed by atoms with Gasteiger partial charge in [-0.05, 0) is 46.2 Å². The quantitative estimate of drug-likeness (QED) is 0.795. The van der Waals surface area contributed by atoms with Crippen molar-refractivity contribution in [2.75, 3.05) is 32.7 Å². The monoisotopic (exact) mass is 289 g/mol. The van der Waals surface area contributed by atoms with Gasteiger partial charge >= 0.3 is 0 Å². The van der Waals surface area contributed by atoms with Crippen molar-refractivity contribution in [1.29, 1.82) is 0 Å². The maximum Gasteiger partial charge on any atom is 0.178 e. The summed E-state index contributed by atoms with van der Waals surface area (Å²) in [6.07, 6.45) is 2.62. The van der Waals surface area contributed by atoms with Gasteiger partial charge in [-0.25, -0.2) is 0 Å². The Bertz CT molecular complexity index is 534. The summed E-state index contributed by atoms with van der Waals surface area (Å²) in [7, 11) is 0. The third kappa shape index (κ3) is 2.79. The fourth-order valence-corrected chi connectivity index (χ4v) is 4.06. The average molecular weight is 289 g/mol. The minimum Gasteiger partial charge on any atom is -0.349 e. The molecule has 0 bridgehead atoms. The van der Waals surface area contributed by atoms with Gasteiger partial charge in [0.05, 0.1) is 6.54 Å². The highest BCUT2D eigenvalue weighted by Gasteiger charge is 2.31. The van der Waals surface area contributed by atoms with Crippen LogP contribution in [0.15, 0.2) is 6.07 Å². The number of hydrogen-bond donors (Lipinski definition) is 0. The summed E-state index contributed by atoms with van der Waals surface area (Å²) in [5.41, 5.74) is 3.24. The summed E-state index contributed by atoms with van der Waals surface area (Å²) in [6, 6.07) is 2.75. The van der Waals surface area contributed by atoms with Crippen molar-refractivity contribution in [3.8, 4) is 0 Å². The summed E-state index contributed by atoms with van der Waals surface area (Å²) in [5, 5.41) is 0. The van der Waals surface area contributed by atoms with Crippen LogP contribution in [0.3, 0.4) is 0 Å². The van der Waals surface area contributed by atoms with Gasteiger partial charge in [0, 0.05) is 49.2 Å². The fraction of sp³-hybridized carbons (Fsp3) is 0.706. The van der Waals surface area contributed by atoms with Crippen molar-refractivity contribution in [2.45, 2.75) is 46.2 Å². The molecular weight excluding hydrogens is 262 g/mol. The number of aryl methyl sites for hydroxylation is 1. The fourth-order valence-electron chi connectivity index (χ4n) is 4.06. The molecule has 1 aromatic rings. The molecule has 0 N–H and O–H groups in total. The maximum atomic E-state index is 12.6. The molecule has 2 fully saturated rings. The normalized spacial score (nSPS) is 23.5. The Morgan fingerprint density at radius 2 is 2.10 bits per heavy atom. The van der Waals surface area contributed by atoms with Crippen LogP contribution < -0.4 is 0 Å². The first kappa shape index (κ1) is 14.8. The molecule has 3 heterocycles. The molecule has 1 unspecified atom stereocenters. The second kappa shape index (κ2) is 5.93. The predicted molar refractivity (Wildman–Crippen MR) is 84.9 cm³/mol. The van der Waals surface area contributed by atoms with Gasteiger partial charge in [0.2, 0.25) is 0 Å². The maximum absolute atomic E-state index is 12.6. The highest BCUT2D eigenvalue weighted by Crippen LogP contribution is 2.22. The van der Waals surface area contributed by atoms with E-state index in [0.717, 1.165) is 37.4 Å². The Morgan fingerprint density at radius 1 is 1.29 bits per heavy atom. The molecule has 0 radical (unpaired) electrons. The standard InChI is InChI=1S/C17H27N3O/c1-4-20-13(2)10-16(14(20)3)17(21)12-18-8-9-19-7-5-6-15(19)11-18/h10,15H,4-9,11-12H2,1-3H3. The minimum absolute atomic E-state index is 0.286. The number of Topliss-reactive ketones (excluding diaryl/α,β-unsaturated/α-hetero) is 1.